The first-order chi connectivity index (χ1) is 13.0. The zero-order valence-corrected chi connectivity index (χ0v) is 14.3. The minimum absolute atomic E-state index is 0.757. The molecule has 2 aromatic carbocycles. The molecule has 0 bridgehead atoms. The quantitative estimate of drug-likeness (QED) is 0.480. The van der Waals surface area contributed by atoms with Crippen molar-refractivity contribution in [2.24, 2.45) is 0 Å². The molecule has 0 saturated heterocycles. The molecule has 28 heavy (non-hydrogen) atoms. The van der Waals surface area contributed by atoms with Gasteiger partial charge in [0.1, 0.15) is 10.5 Å². The van der Waals surface area contributed by atoms with Crippen molar-refractivity contribution in [1.82, 2.24) is 0 Å². The SMILES string of the molecule is O=C(O)c1cccc(OS(=O)(=O)c2cccc(C(=O)O)c2C(=O)O)c1C(=O)O. The summed E-state index contributed by atoms with van der Waals surface area (Å²) in [6.07, 6.45) is 0. The summed E-state index contributed by atoms with van der Waals surface area (Å²) in [6, 6.07) is 5.35. The first-order valence-corrected chi connectivity index (χ1v) is 8.52. The number of hydrogen-bond donors (Lipinski definition) is 4. The number of carboxylic acid groups (broad SMARTS) is 4. The lowest BCUT2D eigenvalue weighted by Crippen LogP contribution is -2.19. The molecule has 2 rings (SSSR count). The van der Waals surface area contributed by atoms with E-state index in [9.17, 15) is 37.8 Å². The number of hydrogen-bond acceptors (Lipinski definition) is 7. The minimum atomic E-state index is -5.04. The van der Waals surface area contributed by atoms with Crippen molar-refractivity contribution < 1.29 is 52.2 Å². The fourth-order valence-corrected chi connectivity index (χ4v) is 3.46. The fourth-order valence-electron chi connectivity index (χ4n) is 2.30. The van der Waals surface area contributed by atoms with Gasteiger partial charge in [0.15, 0.2) is 5.75 Å². The number of benzene rings is 2. The summed E-state index contributed by atoms with van der Waals surface area (Å²) >= 11 is 0. The molecule has 0 radical (unpaired) electrons. The average Bonchev–Trinajstić information content (AvgIpc) is 2.59. The Morgan fingerprint density at radius 1 is 0.679 bits per heavy atom. The van der Waals surface area contributed by atoms with Gasteiger partial charge in [-0.05, 0) is 24.3 Å². The molecule has 4 N–H and O–H groups in total. The third-order valence-electron chi connectivity index (χ3n) is 3.41. The number of carboxylic acids is 4. The van der Waals surface area contributed by atoms with Crippen LogP contribution in [-0.2, 0) is 10.1 Å². The van der Waals surface area contributed by atoms with E-state index in [2.05, 4.69) is 4.18 Å². The molecule has 0 unspecified atom stereocenters. The predicted molar refractivity (Wildman–Crippen MR) is 88.5 cm³/mol. The maximum Gasteiger partial charge on any atom is 0.340 e. The van der Waals surface area contributed by atoms with Crippen LogP contribution in [0.25, 0.3) is 0 Å². The normalized spacial score (nSPS) is 10.9. The molecule has 0 heterocycles. The molecule has 0 aliphatic rings. The van der Waals surface area contributed by atoms with E-state index in [0.29, 0.717) is 0 Å². The largest absolute Gasteiger partial charge is 0.478 e. The molecule has 12 heteroatoms. The molecule has 0 aliphatic carbocycles. The van der Waals surface area contributed by atoms with Crippen LogP contribution in [0, 0.1) is 0 Å². The molecule has 0 amide bonds. The first-order valence-electron chi connectivity index (χ1n) is 7.11. The van der Waals surface area contributed by atoms with Gasteiger partial charge < -0.3 is 24.6 Å². The van der Waals surface area contributed by atoms with E-state index in [1.54, 1.807) is 0 Å². The van der Waals surface area contributed by atoms with Gasteiger partial charge in [0.2, 0.25) is 0 Å². The third kappa shape index (κ3) is 3.76. The summed E-state index contributed by atoms with van der Waals surface area (Å²) in [5, 5.41) is 36.6. The second-order valence-electron chi connectivity index (χ2n) is 5.12. The van der Waals surface area contributed by atoms with Gasteiger partial charge >= 0.3 is 34.0 Å². The van der Waals surface area contributed by atoms with E-state index < -0.39 is 66.9 Å². The summed E-state index contributed by atoms with van der Waals surface area (Å²) in [7, 11) is -5.04. The highest BCUT2D eigenvalue weighted by molar-refractivity contribution is 7.87. The topological polar surface area (TPSA) is 193 Å². The highest BCUT2D eigenvalue weighted by Gasteiger charge is 2.31. The van der Waals surface area contributed by atoms with Gasteiger partial charge in [-0.2, -0.15) is 8.42 Å². The molecule has 2 aromatic rings. The number of aromatic carboxylic acids is 4. The van der Waals surface area contributed by atoms with Crippen molar-refractivity contribution in [1.29, 1.82) is 0 Å². The molecule has 11 nitrogen and oxygen atoms in total. The molecule has 0 aromatic heterocycles. The van der Waals surface area contributed by atoms with Crippen LogP contribution in [0.4, 0.5) is 0 Å². The summed E-state index contributed by atoms with van der Waals surface area (Å²) in [4.78, 5) is 44.1. The molecule has 0 fully saturated rings. The zero-order chi connectivity index (χ0) is 21.2. The molecule has 0 saturated carbocycles. The lowest BCUT2D eigenvalue weighted by molar-refractivity contribution is 0.0647. The second-order valence-corrected chi connectivity index (χ2v) is 6.63. The van der Waals surface area contributed by atoms with Crippen LogP contribution in [0.1, 0.15) is 41.4 Å². The van der Waals surface area contributed by atoms with E-state index in [-0.39, 0.29) is 0 Å². The van der Waals surface area contributed by atoms with Crippen molar-refractivity contribution in [2.75, 3.05) is 0 Å². The van der Waals surface area contributed by atoms with E-state index in [4.69, 9.17) is 10.2 Å². The Hall–Kier alpha value is -3.93. The van der Waals surface area contributed by atoms with Crippen molar-refractivity contribution >= 4 is 34.0 Å². The van der Waals surface area contributed by atoms with Gasteiger partial charge in [-0.1, -0.05) is 12.1 Å². The standard InChI is InChI=1S/C16H10O11S/c17-13(18)7-3-1-5-9(11(7)15(21)22)27-28(25,26)10-6-2-4-8(14(19)20)12(10)16(23)24/h1-6H,(H,17,18)(H,19,20)(H,21,22)(H,23,24). The van der Waals surface area contributed by atoms with Crippen molar-refractivity contribution in [3.63, 3.8) is 0 Å². The lowest BCUT2D eigenvalue weighted by atomic mass is 10.1. The molecule has 146 valence electrons. The Bertz CT molecular complexity index is 1120. The van der Waals surface area contributed by atoms with Gasteiger partial charge in [0.25, 0.3) is 0 Å². The molecule has 0 atom stereocenters. The van der Waals surface area contributed by atoms with Crippen LogP contribution < -0.4 is 4.18 Å². The monoisotopic (exact) mass is 410 g/mol. The smallest absolute Gasteiger partial charge is 0.340 e. The Labute approximate surface area is 156 Å². The van der Waals surface area contributed by atoms with Crippen LogP contribution in [0.5, 0.6) is 5.75 Å². The van der Waals surface area contributed by atoms with Crippen molar-refractivity contribution in [3.05, 3.63) is 58.7 Å². The second kappa shape index (κ2) is 7.36. The summed E-state index contributed by atoms with van der Waals surface area (Å²) < 4.78 is 29.7. The van der Waals surface area contributed by atoms with Crippen LogP contribution in [-0.4, -0.2) is 52.7 Å². The Morgan fingerprint density at radius 3 is 1.61 bits per heavy atom. The molecule has 0 aliphatic heterocycles. The highest BCUT2D eigenvalue weighted by atomic mass is 32.2. The highest BCUT2D eigenvalue weighted by Crippen LogP contribution is 2.28. The van der Waals surface area contributed by atoms with Crippen LogP contribution in [0.15, 0.2) is 41.3 Å². The van der Waals surface area contributed by atoms with Gasteiger partial charge in [0, 0.05) is 0 Å². The Kier molecular flexibility index (Phi) is 5.36. The van der Waals surface area contributed by atoms with E-state index in [1.807, 2.05) is 0 Å². The van der Waals surface area contributed by atoms with Gasteiger partial charge in [-0.15, -0.1) is 0 Å². The van der Waals surface area contributed by atoms with Gasteiger partial charge in [-0.3, -0.25) is 0 Å². The maximum atomic E-state index is 12.5. The minimum Gasteiger partial charge on any atom is -0.478 e. The predicted octanol–water partition coefficient (Wildman–Crippen LogP) is 1.25. The number of carbonyl (C=O) groups is 4. The van der Waals surface area contributed by atoms with E-state index in [1.165, 1.54) is 0 Å². The fraction of sp³-hybridized carbons (Fsp3) is 0. The Morgan fingerprint density at radius 2 is 1.14 bits per heavy atom. The first kappa shape index (κ1) is 20.4. The van der Waals surface area contributed by atoms with Crippen LogP contribution >= 0.6 is 0 Å². The van der Waals surface area contributed by atoms with Crippen molar-refractivity contribution in [3.8, 4) is 5.75 Å². The number of rotatable bonds is 7. The average molecular weight is 410 g/mol. The van der Waals surface area contributed by atoms with Gasteiger partial charge in [0.05, 0.1) is 16.7 Å². The van der Waals surface area contributed by atoms with Crippen LogP contribution in [0.3, 0.4) is 0 Å². The summed E-state index contributed by atoms with van der Waals surface area (Å²) in [5.41, 5.74) is -3.68. The van der Waals surface area contributed by atoms with Crippen LogP contribution in [0.2, 0.25) is 0 Å². The lowest BCUT2D eigenvalue weighted by Gasteiger charge is -2.13. The summed E-state index contributed by atoms with van der Waals surface area (Å²) in [6.45, 7) is 0. The summed E-state index contributed by atoms with van der Waals surface area (Å²) in [5.74, 6) is -7.95. The molecular formula is C16H10O11S. The third-order valence-corrected chi connectivity index (χ3v) is 4.69. The zero-order valence-electron chi connectivity index (χ0n) is 13.5. The molecule has 0 spiro atoms. The van der Waals surface area contributed by atoms with E-state index in [0.717, 1.165) is 36.4 Å². The van der Waals surface area contributed by atoms with E-state index >= 15 is 0 Å². The maximum absolute atomic E-state index is 12.5. The molecular weight excluding hydrogens is 400 g/mol. The van der Waals surface area contributed by atoms with Crippen molar-refractivity contribution in [2.45, 2.75) is 4.90 Å². The Balaban J connectivity index is 2.70. The van der Waals surface area contributed by atoms with Gasteiger partial charge in [-0.25, -0.2) is 19.2 Å².